The van der Waals surface area contributed by atoms with Crippen LogP contribution in [0.15, 0.2) is 60.7 Å². The highest BCUT2D eigenvalue weighted by atomic mass is 28.4. The summed E-state index contributed by atoms with van der Waals surface area (Å²) in [7, 11) is -1.78. The van der Waals surface area contributed by atoms with E-state index < -0.39 is 8.32 Å². The Morgan fingerprint density at radius 2 is 1.62 bits per heavy atom. The van der Waals surface area contributed by atoms with Gasteiger partial charge in [0.25, 0.3) is 0 Å². The lowest BCUT2D eigenvalue weighted by Gasteiger charge is -2.36. The van der Waals surface area contributed by atoms with Crippen molar-refractivity contribution in [2.24, 2.45) is 0 Å². The largest absolute Gasteiger partial charge is 0.544 e. The van der Waals surface area contributed by atoms with E-state index in [2.05, 4.69) is 99.9 Å². The minimum absolute atomic E-state index is 0.211. The van der Waals surface area contributed by atoms with Crippen LogP contribution in [0.5, 0.6) is 5.75 Å². The summed E-state index contributed by atoms with van der Waals surface area (Å²) in [6.07, 6.45) is 4.64. The molecular weight excluding hydrogens is 334 g/mol. The van der Waals surface area contributed by atoms with E-state index in [4.69, 9.17) is 4.43 Å². The summed E-state index contributed by atoms with van der Waals surface area (Å²) >= 11 is 0. The Bertz CT molecular complexity index is 757. The minimum atomic E-state index is -1.78. The van der Waals surface area contributed by atoms with Crippen LogP contribution in [0, 0.1) is 0 Å². The van der Waals surface area contributed by atoms with E-state index in [1.807, 2.05) is 0 Å². The molecular formula is C23H31NOSi. The highest BCUT2D eigenvalue weighted by Crippen LogP contribution is 2.37. The van der Waals surface area contributed by atoms with E-state index in [1.165, 1.54) is 11.1 Å². The molecule has 26 heavy (non-hydrogen) atoms. The highest BCUT2D eigenvalue weighted by Gasteiger charge is 2.38. The molecule has 0 saturated heterocycles. The summed E-state index contributed by atoms with van der Waals surface area (Å²) in [4.78, 5) is 0. The molecule has 2 aromatic carbocycles. The molecule has 0 heterocycles. The fraction of sp³-hybridized carbons (Fsp3) is 0.391. The smallest absolute Gasteiger partial charge is 0.250 e. The van der Waals surface area contributed by atoms with E-state index in [0.717, 1.165) is 24.3 Å². The van der Waals surface area contributed by atoms with Gasteiger partial charge in [0, 0.05) is 5.69 Å². The van der Waals surface area contributed by atoms with Crippen molar-refractivity contribution in [3.63, 3.8) is 0 Å². The van der Waals surface area contributed by atoms with Crippen molar-refractivity contribution < 1.29 is 4.43 Å². The maximum absolute atomic E-state index is 6.38. The molecule has 1 N–H and O–H groups in total. The maximum atomic E-state index is 6.38. The summed E-state index contributed by atoms with van der Waals surface area (Å²) in [5, 5.41) is 3.91. The van der Waals surface area contributed by atoms with Crippen molar-refractivity contribution in [2.75, 3.05) is 5.32 Å². The van der Waals surface area contributed by atoms with Crippen LogP contribution >= 0.6 is 0 Å². The zero-order valence-electron chi connectivity index (χ0n) is 16.7. The van der Waals surface area contributed by atoms with Gasteiger partial charge in [-0.15, -0.1) is 0 Å². The molecule has 3 heteroatoms. The third kappa shape index (κ3) is 4.21. The van der Waals surface area contributed by atoms with Gasteiger partial charge in [-0.2, -0.15) is 0 Å². The zero-order valence-corrected chi connectivity index (χ0v) is 17.7. The van der Waals surface area contributed by atoms with Crippen molar-refractivity contribution >= 4 is 19.6 Å². The lowest BCUT2D eigenvalue weighted by atomic mass is 10.0. The molecule has 0 amide bonds. The summed E-state index contributed by atoms with van der Waals surface area (Å²) in [5.74, 6) is 0.979. The monoisotopic (exact) mass is 365 g/mol. The van der Waals surface area contributed by atoms with Gasteiger partial charge in [-0.05, 0) is 66.4 Å². The standard InChI is InChI=1S/C23H31NOSi/c1-23(2,3)26(4,5)25-20-16-14-19(15-17-20)24-22-13-9-12-21(22)18-10-7-6-8-11-18/h6-8,10-12,14-17,22,24H,9,13H2,1-5H3. The molecule has 3 rings (SSSR count). The zero-order chi connectivity index (χ0) is 18.8. The van der Waals surface area contributed by atoms with Crippen LogP contribution in [0.3, 0.4) is 0 Å². The Morgan fingerprint density at radius 3 is 2.23 bits per heavy atom. The quantitative estimate of drug-likeness (QED) is 0.593. The molecule has 0 fully saturated rings. The Balaban J connectivity index is 1.67. The van der Waals surface area contributed by atoms with Crippen molar-refractivity contribution in [2.45, 2.75) is 57.8 Å². The van der Waals surface area contributed by atoms with E-state index >= 15 is 0 Å². The predicted molar refractivity (Wildman–Crippen MR) is 115 cm³/mol. The Hall–Kier alpha value is -2.00. The van der Waals surface area contributed by atoms with Gasteiger partial charge in [0.05, 0.1) is 6.04 Å². The van der Waals surface area contributed by atoms with E-state index in [-0.39, 0.29) is 5.04 Å². The number of rotatable bonds is 5. The molecule has 1 atom stereocenters. The molecule has 0 saturated carbocycles. The van der Waals surface area contributed by atoms with Crippen molar-refractivity contribution in [1.29, 1.82) is 0 Å². The molecule has 0 bridgehead atoms. The van der Waals surface area contributed by atoms with Crippen LogP contribution in [0.25, 0.3) is 5.57 Å². The molecule has 0 aliphatic heterocycles. The van der Waals surface area contributed by atoms with Gasteiger partial charge in [0.1, 0.15) is 5.75 Å². The van der Waals surface area contributed by atoms with Gasteiger partial charge in [-0.25, -0.2) is 0 Å². The summed E-state index contributed by atoms with van der Waals surface area (Å²) < 4.78 is 6.38. The third-order valence-electron chi connectivity index (χ3n) is 5.68. The first kappa shape index (κ1) is 18.8. The van der Waals surface area contributed by atoms with Gasteiger partial charge in [0.15, 0.2) is 0 Å². The molecule has 1 aliphatic rings. The predicted octanol–water partition coefficient (Wildman–Crippen LogP) is 6.73. The van der Waals surface area contributed by atoms with Gasteiger partial charge >= 0.3 is 0 Å². The van der Waals surface area contributed by atoms with Crippen molar-refractivity contribution in [1.82, 2.24) is 0 Å². The number of hydrogen-bond donors (Lipinski definition) is 1. The number of anilines is 1. The van der Waals surface area contributed by atoms with E-state index in [1.54, 1.807) is 0 Å². The van der Waals surface area contributed by atoms with E-state index in [9.17, 15) is 0 Å². The van der Waals surface area contributed by atoms with Crippen LogP contribution in [0.2, 0.25) is 18.1 Å². The molecule has 2 aromatic rings. The summed E-state index contributed by atoms with van der Waals surface area (Å²) in [6.45, 7) is 11.4. The molecule has 1 unspecified atom stereocenters. The topological polar surface area (TPSA) is 21.3 Å². The Labute approximate surface area is 159 Å². The average Bonchev–Trinajstić information content (AvgIpc) is 3.04. The Morgan fingerprint density at radius 1 is 0.962 bits per heavy atom. The molecule has 0 radical (unpaired) electrons. The van der Waals surface area contributed by atoms with Gasteiger partial charge in [-0.3, -0.25) is 0 Å². The maximum Gasteiger partial charge on any atom is 0.250 e. The SMILES string of the molecule is CC(C)(C)[Si](C)(C)Oc1ccc(NC2CCC=C2c2ccccc2)cc1. The Kier molecular flexibility index (Phi) is 5.28. The van der Waals surface area contributed by atoms with Gasteiger partial charge < -0.3 is 9.74 Å². The van der Waals surface area contributed by atoms with Crippen LogP contribution in [-0.4, -0.2) is 14.4 Å². The van der Waals surface area contributed by atoms with E-state index in [0.29, 0.717) is 6.04 Å². The fourth-order valence-corrected chi connectivity index (χ4v) is 4.10. The van der Waals surface area contributed by atoms with Crippen LogP contribution < -0.4 is 9.74 Å². The van der Waals surface area contributed by atoms with Crippen molar-refractivity contribution in [3.05, 3.63) is 66.2 Å². The molecule has 0 aromatic heterocycles. The third-order valence-corrected chi connectivity index (χ3v) is 10.0. The number of allylic oxidation sites excluding steroid dienone is 1. The first-order chi connectivity index (χ1) is 12.3. The van der Waals surface area contributed by atoms with Gasteiger partial charge in [0.2, 0.25) is 8.32 Å². The molecule has 1 aliphatic carbocycles. The minimum Gasteiger partial charge on any atom is -0.544 e. The normalized spacial score (nSPS) is 17.7. The van der Waals surface area contributed by atoms with Crippen LogP contribution in [-0.2, 0) is 0 Å². The second-order valence-corrected chi connectivity index (χ2v) is 13.4. The number of hydrogen-bond acceptors (Lipinski definition) is 2. The van der Waals surface area contributed by atoms with Crippen LogP contribution in [0.4, 0.5) is 5.69 Å². The second-order valence-electron chi connectivity index (χ2n) is 8.69. The highest BCUT2D eigenvalue weighted by molar-refractivity contribution is 6.74. The van der Waals surface area contributed by atoms with Gasteiger partial charge in [-0.1, -0.05) is 57.2 Å². The lowest BCUT2D eigenvalue weighted by molar-refractivity contribution is 0.492. The second kappa shape index (κ2) is 7.32. The van der Waals surface area contributed by atoms with Crippen LogP contribution in [0.1, 0.15) is 39.2 Å². The number of benzene rings is 2. The average molecular weight is 366 g/mol. The molecule has 138 valence electrons. The molecule has 2 nitrogen and oxygen atoms in total. The fourth-order valence-electron chi connectivity index (χ4n) is 3.07. The first-order valence-electron chi connectivity index (χ1n) is 9.57. The first-order valence-corrected chi connectivity index (χ1v) is 12.5. The lowest BCUT2D eigenvalue weighted by Crippen LogP contribution is -2.43. The summed E-state index contributed by atoms with van der Waals surface area (Å²) in [5.41, 5.74) is 3.88. The molecule has 0 spiro atoms. The number of nitrogens with one attached hydrogen (secondary N) is 1. The van der Waals surface area contributed by atoms with Crippen molar-refractivity contribution in [3.8, 4) is 5.75 Å². The summed E-state index contributed by atoms with van der Waals surface area (Å²) in [6, 6.07) is 19.5.